The molecule has 1 aliphatic rings. The van der Waals surface area contributed by atoms with Crippen LogP contribution in [0.15, 0.2) is 115 Å². The van der Waals surface area contributed by atoms with Crippen molar-refractivity contribution in [1.82, 2.24) is 16.0 Å². The summed E-state index contributed by atoms with van der Waals surface area (Å²) in [6.07, 6.45) is 6.19. The van der Waals surface area contributed by atoms with Gasteiger partial charge in [-0.3, -0.25) is 19.2 Å². The molecule has 5 atom stereocenters. The number of unbranched alkanes of at least 4 members (excludes halogenated alkanes) is 3. The van der Waals surface area contributed by atoms with Gasteiger partial charge < -0.3 is 25.4 Å². The number of hydrogen-bond acceptors (Lipinski definition) is 7. The summed E-state index contributed by atoms with van der Waals surface area (Å²) in [5, 5.41) is 8.09. The molecule has 1 heterocycles. The van der Waals surface area contributed by atoms with Crippen LogP contribution in [-0.2, 0) is 38.9 Å². The first kappa shape index (κ1) is 44.2. The number of allylic oxidation sites excluding steroid dienone is 1. The molecule has 57 heavy (non-hydrogen) atoms. The van der Waals surface area contributed by atoms with Crippen molar-refractivity contribution < 1.29 is 33.4 Å². The average Bonchev–Trinajstić information content (AvgIpc) is 3.21. The SMILES string of the molecule is C=C1/C=C/C(=O)N[C@H](C)C(=O)N[C@@H](C(C)C)C(=O)O[C@@H]([C@H](C)CCCCCC)[C@H](CCOC(=O)CC(c2ccccc2)(c2ccccc2)c2ccccc2)C(=O)N1. The van der Waals surface area contributed by atoms with Gasteiger partial charge in [0.1, 0.15) is 18.2 Å². The molecule has 0 unspecified atom stereocenters. The molecule has 0 fully saturated rings. The first-order valence-electron chi connectivity index (χ1n) is 20.2. The van der Waals surface area contributed by atoms with Gasteiger partial charge in [0.05, 0.1) is 24.4 Å². The zero-order valence-corrected chi connectivity index (χ0v) is 34.0. The molecule has 0 aromatic heterocycles. The first-order valence-corrected chi connectivity index (χ1v) is 20.2. The maximum absolute atomic E-state index is 14.2. The van der Waals surface area contributed by atoms with Gasteiger partial charge in [-0.1, -0.05) is 151 Å². The van der Waals surface area contributed by atoms with Crippen molar-refractivity contribution in [2.75, 3.05) is 6.61 Å². The molecule has 304 valence electrons. The Morgan fingerprint density at radius 3 is 1.88 bits per heavy atom. The number of hydrogen-bond donors (Lipinski definition) is 3. The molecule has 3 aromatic rings. The molecule has 10 nitrogen and oxygen atoms in total. The molecule has 4 rings (SSSR count). The molecule has 3 amide bonds. The fourth-order valence-corrected chi connectivity index (χ4v) is 7.42. The molecule has 3 N–H and O–H groups in total. The van der Waals surface area contributed by atoms with Crippen molar-refractivity contribution in [2.24, 2.45) is 17.8 Å². The second-order valence-electron chi connectivity index (χ2n) is 15.3. The van der Waals surface area contributed by atoms with E-state index in [2.05, 4.69) is 29.5 Å². The monoisotopic (exact) mass is 777 g/mol. The Kier molecular flexibility index (Phi) is 16.8. The molecular weight excluding hydrogens is 719 g/mol. The van der Waals surface area contributed by atoms with Gasteiger partial charge in [0.2, 0.25) is 17.7 Å². The number of ether oxygens (including phenoxy) is 2. The van der Waals surface area contributed by atoms with Gasteiger partial charge in [0.15, 0.2) is 0 Å². The van der Waals surface area contributed by atoms with Gasteiger partial charge in [0.25, 0.3) is 0 Å². The van der Waals surface area contributed by atoms with Gasteiger partial charge >= 0.3 is 11.9 Å². The summed E-state index contributed by atoms with van der Waals surface area (Å²) in [7, 11) is 0. The molecule has 0 bridgehead atoms. The molecule has 10 heteroatoms. The summed E-state index contributed by atoms with van der Waals surface area (Å²) >= 11 is 0. The van der Waals surface area contributed by atoms with E-state index in [1.165, 1.54) is 19.1 Å². The Balaban J connectivity index is 1.68. The highest BCUT2D eigenvalue weighted by Gasteiger charge is 2.41. The summed E-state index contributed by atoms with van der Waals surface area (Å²) in [6, 6.07) is 27.6. The van der Waals surface area contributed by atoms with E-state index < -0.39 is 59.2 Å². The molecule has 3 aromatic carbocycles. The van der Waals surface area contributed by atoms with Crippen LogP contribution < -0.4 is 16.0 Å². The number of carbonyl (C=O) groups excluding carboxylic acids is 5. The normalized spacial score (nSPS) is 20.9. The van der Waals surface area contributed by atoms with Crippen molar-refractivity contribution in [3.8, 4) is 0 Å². The van der Waals surface area contributed by atoms with E-state index in [0.29, 0.717) is 6.42 Å². The lowest BCUT2D eigenvalue weighted by molar-refractivity contribution is -0.164. The van der Waals surface area contributed by atoms with Gasteiger partial charge in [-0.25, -0.2) is 4.79 Å². The summed E-state index contributed by atoms with van der Waals surface area (Å²) in [5.74, 6) is -4.41. The number of amides is 3. The highest BCUT2D eigenvalue weighted by molar-refractivity contribution is 5.94. The highest BCUT2D eigenvalue weighted by Crippen LogP contribution is 2.42. The predicted molar refractivity (Wildman–Crippen MR) is 221 cm³/mol. The summed E-state index contributed by atoms with van der Waals surface area (Å²) in [5.41, 5.74) is 2.02. The quantitative estimate of drug-likeness (QED) is 0.0835. The average molecular weight is 778 g/mol. The first-order chi connectivity index (χ1) is 27.4. The van der Waals surface area contributed by atoms with Crippen molar-refractivity contribution >= 4 is 29.7 Å². The van der Waals surface area contributed by atoms with Gasteiger partial charge in [-0.2, -0.15) is 0 Å². The lowest BCUT2D eigenvalue weighted by Gasteiger charge is -2.35. The minimum atomic E-state index is -1.05. The van der Waals surface area contributed by atoms with Crippen LogP contribution in [0.4, 0.5) is 0 Å². The van der Waals surface area contributed by atoms with E-state index in [-0.39, 0.29) is 37.0 Å². The van der Waals surface area contributed by atoms with Crippen LogP contribution in [0.1, 0.15) is 96.3 Å². The molecule has 0 spiro atoms. The van der Waals surface area contributed by atoms with Crippen molar-refractivity contribution in [3.63, 3.8) is 0 Å². The second-order valence-corrected chi connectivity index (χ2v) is 15.3. The third-order valence-electron chi connectivity index (χ3n) is 10.7. The number of benzene rings is 3. The third-order valence-corrected chi connectivity index (χ3v) is 10.7. The lowest BCUT2D eigenvalue weighted by atomic mass is 9.67. The highest BCUT2D eigenvalue weighted by atomic mass is 16.5. The Bertz CT molecular complexity index is 1730. The molecule has 0 aliphatic carbocycles. The fourth-order valence-electron chi connectivity index (χ4n) is 7.42. The van der Waals surface area contributed by atoms with Crippen LogP contribution in [-0.4, -0.2) is 54.5 Å². The van der Waals surface area contributed by atoms with E-state index in [1.54, 1.807) is 13.8 Å². The maximum atomic E-state index is 14.2. The van der Waals surface area contributed by atoms with E-state index in [9.17, 15) is 24.0 Å². The van der Waals surface area contributed by atoms with Crippen LogP contribution >= 0.6 is 0 Å². The van der Waals surface area contributed by atoms with Crippen molar-refractivity contribution in [2.45, 2.75) is 103 Å². The van der Waals surface area contributed by atoms with Crippen LogP contribution in [0, 0.1) is 17.8 Å². The summed E-state index contributed by atoms with van der Waals surface area (Å²) in [6.45, 7) is 12.9. The van der Waals surface area contributed by atoms with Crippen LogP contribution in [0.2, 0.25) is 0 Å². The van der Waals surface area contributed by atoms with E-state index in [4.69, 9.17) is 9.47 Å². The Morgan fingerprint density at radius 1 is 0.789 bits per heavy atom. The van der Waals surface area contributed by atoms with Crippen LogP contribution in [0.5, 0.6) is 0 Å². The predicted octanol–water partition coefficient (Wildman–Crippen LogP) is 7.32. The van der Waals surface area contributed by atoms with Gasteiger partial charge in [-0.05, 0) is 54.4 Å². The standard InChI is InChI=1S/C47H59N3O7/c1-7-8-9-13-20-33(4)43-39(45(54)48-34(5)27-28-40(51)49-35(6)44(53)50-42(32(2)3)46(55)57-43)29-30-56-41(52)31-47(36-21-14-10-15-22-36,37-23-16-11-17-24-37)38-25-18-12-19-26-38/h10-12,14-19,21-28,32-33,35,39,42-43H,5,7-9,13,20,29-31H2,1-4,6H3,(H,48,54)(H,49,51)(H,50,53)/b28-27+/t33-,35-,39+,42+,43+/m1/s1. The molecule has 0 saturated heterocycles. The number of esters is 2. The number of nitrogens with one attached hydrogen (secondary N) is 3. The van der Waals surface area contributed by atoms with E-state index in [0.717, 1.165) is 42.4 Å². The molecular formula is C47H59N3O7. The zero-order valence-electron chi connectivity index (χ0n) is 34.0. The number of carbonyl (C=O) groups is 5. The summed E-state index contributed by atoms with van der Waals surface area (Å²) in [4.78, 5) is 68.1. The van der Waals surface area contributed by atoms with Gasteiger partial charge in [-0.15, -0.1) is 0 Å². The van der Waals surface area contributed by atoms with Crippen LogP contribution in [0.3, 0.4) is 0 Å². The maximum Gasteiger partial charge on any atom is 0.329 e. The fraction of sp³-hybridized carbons (Fsp3) is 0.426. The van der Waals surface area contributed by atoms with Crippen LogP contribution in [0.25, 0.3) is 0 Å². The van der Waals surface area contributed by atoms with Gasteiger partial charge in [0, 0.05) is 11.8 Å². The summed E-state index contributed by atoms with van der Waals surface area (Å²) < 4.78 is 12.3. The van der Waals surface area contributed by atoms with Crippen molar-refractivity contribution in [3.05, 3.63) is 132 Å². The second kappa shape index (κ2) is 21.7. The van der Waals surface area contributed by atoms with Crippen molar-refractivity contribution in [1.29, 1.82) is 0 Å². The third kappa shape index (κ3) is 12.2. The zero-order chi connectivity index (χ0) is 41.4. The largest absolute Gasteiger partial charge is 0.466 e. The Morgan fingerprint density at radius 2 is 1.35 bits per heavy atom. The molecule has 0 saturated carbocycles. The minimum absolute atomic E-state index is 0.0218. The lowest BCUT2D eigenvalue weighted by Crippen LogP contribution is -2.53. The topological polar surface area (TPSA) is 140 Å². The number of rotatable bonds is 15. The van der Waals surface area contributed by atoms with E-state index >= 15 is 0 Å². The Labute approximate surface area is 337 Å². The molecule has 1 aliphatic heterocycles. The molecule has 0 radical (unpaired) electrons. The Hall–Kier alpha value is -5.51. The van der Waals surface area contributed by atoms with E-state index in [1.807, 2.05) is 97.9 Å². The smallest absolute Gasteiger partial charge is 0.329 e. The number of cyclic esters (lactones) is 1. The minimum Gasteiger partial charge on any atom is -0.466 e.